The molecule has 7 atom stereocenters. The van der Waals surface area contributed by atoms with Crippen LogP contribution in [0.1, 0.15) is 46.0 Å². The van der Waals surface area contributed by atoms with Gasteiger partial charge in [-0.1, -0.05) is 13.3 Å². The van der Waals surface area contributed by atoms with Crippen LogP contribution in [-0.2, 0) is 4.79 Å². The van der Waals surface area contributed by atoms with Gasteiger partial charge in [-0.05, 0) is 56.3 Å². The molecule has 3 aliphatic rings. The van der Waals surface area contributed by atoms with Gasteiger partial charge in [0.2, 0.25) is 5.91 Å². The number of nitrogens with two attached hydrogens (primary N) is 1. The zero-order valence-corrected chi connectivity index (χ0v) is 11.6. The Morgan fingerprint density at radius 1 is 1.17 bits per heavy atom. The van der Waals surface area contributed by atoms with E-state index in [0.717, 1.165) is 23.7 Å². The van der Waals surface area contributed by atoms with Crippen LogP contribution in [0.5, 0.6) is 0 Å². The van der Waals surface area contributed by atoms with Crippen LogP contribution in [0.4, 0.5) is 0 Å². The van der Waals surface area contributed by atoms with E-state index in [-0.39, 0.29) is 17.9 Å². The maximum Gasteiger partial charge on any atom is 0.224 e. The largest absolute Gasteiger partial charge is 0.353 e. The van der Waals surface area contributed by atoms with Crippen LogP contribution in [0.25, 0.3) is 0 Å². The van der Waals surface area contributed by atoms with Crippen molar-refractivity contribution < 1.29 is 4.79 Å². The lowest BCUT2D eigenvalue weighted by molar-refractivity contribution is -0.126. The van der Waals surface area contributed by atoms with Crippen molar-refractivity contribution in [2.45, 2.75) is 58.0 Å². The van der Waals surface area contributed by atoms with E-state index in [4.69, 9.17) is 5.73 Å². The number of rotatable bonds is 3. The molecular weight excluding hydrogens is 224 g/mol. The number of hydrogen-bond acceptors (Lipinski definition) is 2. The lowest BCUT2D eigenvalue weighted by Gasteiger charge is -2.33. The number of fused-ring (bicyclic) bond motifs is 5. The van der Waals surface area contributed by atoms with Crippen LogP contribution < -0.4 is 11.1 Å². The van der Waals surface area contributed by atoms with Crippen LogP contribution >= 0.6 is 0 Å². The maximum atomic E-state index is 12.1. The molecule has 2 bridgehead atoms. The second-order valence-electron chi connectivity index (χ2n) is 6.92. The number of nitrogens with one attached hydrogen (secondary N) is 1. The third kappa shape index (κ3) is 1.87. The SMILES string of the molecule is CC(N)C(C)C(=O)NC1CC2CC1C1CCCC21. The van der Waals surface area contributed by atoms with Gasteiger partial charge in [0.05, 0.1) is 0 Å². The first-order valence-corrected chi connectivity index (χ1v) is 7.64. The van der Waals surface area contributed by atoms with E-state index in [2.05, 4.69) is 5.32 Å². The highest BCUT2D eigenvalue weighted by molar-refractivity contribution is 5.79. The Kier molecular flexibility index (Phi) is 3.13. The first kappa shape index (κ1) is 12.5. The summed E-state index contributed by atoms with van der Waals surface area (Å²) in [5.74, 6) is 3.68. The smallest absolute Gasteiger partial charge is 0.224 e. The lowest BCUT2D eigenvalue weighted by atomic mass is 9.79. The Morgan fingerprint density at radius 3 is 2.61 bits per heavy atom. The first-order chi connectivity index (χ1) is 8.58. The Morgan fingerprint density at radius 2 is 1.89 bits per heavy atom. The standard InChI is InChI=1S/C15H26N2O/c1-8(9(2)16)15(18)17-14-7-10-6-13(14)12-5-3-4-11(10)12/h8-14H,3-7,16H2,1-2H3,(H,17,18). The summed E-state index contributed by atoms with van der Waals surface area (Å²) < 4.78 is 0. The maximum absolute atomic E-state index is 12.1. The van der Waals surface area contributed by atoms with Gasteiger partial charge in [0.1, 0.15) is 0 Å². The van der Waals surface area contributed by atoms with Crippen molar-refractivity contribution in [3.8, 4) is 0 Å². The number of amides is 1. The summed E-state index contributed by atoms with van der Waals surface area (Å²) in [6, 6.07) is 0.394. The van der Waals surface area contributed by atoms with E-state index >= 15 is 0 Å². The fourth-order valence-corrected chi connectivity index (χ4v) is 4.79. The van der Waals surface area contributed by atoms with Gasteiger partial charge in [-0.15, -0.1) is 0 Å². The molecule has 3 N–H and O–H groups in total. The molecule has 0 heterocycles. The molecule has 0 aliphatic heterocycles. The minimum Gasteiger partial charge on any atom is -0.353 e. The van der Waals surface area contributed by atoms with Crippen molar-refractivity contribution in [1.29, 1.82) is 0 Å². The first-order valence-electron chi connectivity index (χ1n) is 7.64. The van der Waals surface area contributed by atoms with Crippen molar-refractivity contribution in [3.05, 3.63) is 0 Å². The van der Waals surface area contributed by atoms with E-state index in [9.17, 15) is 4.79 Å². The average Bonchev–Trinajstić information content (AvgIpc) is 2.98. The van der Waals surface area contributed by atoms with Crippen LogP contribution in [0, 0.1) is 29.6 Å². The Hall–Kier alpha value is -0.570. The predicted molar refractivity (Wildman–Crippen MR) is 71.8 cm³/mol. The van der Waals surface area contributed by atoms with E-state index < -0.39 is 0 Å². The topological polar surface area (TPSA) is 55.1 Å². The molecule has 0 spiro atoms. The number of carbonyl (C=O) groups is 1. The fourth-order valence-electron chi connectivity index (χ4n) is 4.79. The molecule has 3 saturated carbocycles. The summed E-state index contributed by atoms with van der Waals surface area (Å²) in [7, 11) is 0. The molecule has 0 saturated heterocycles. The van der Waals surface area contributed by atoms with Crippen molar-refractivity contribution in [3.63, 3.8) is 0 Å². The molecule has 0 aromatic heterocycles. The molecule has 0 aromatic carbocycles. The summed E-state index contributed by atoms with van der Waals surface area (Å²) in [5.41, 5.74) is 5.81. The minimum atomic E-state index is -0.0662. The molecule has 7 unspecified atom stereocenters. The molecule has 3 nitrogen and oxygen atoms in total. The van der Waals surface area contributed by atoms with Gasteiger partial charge >= 0.3 is 0 Å². The van der Waals surface area contributed by atoms with Crippen molar-refractivity contribution in [1.82, 2.24) is 5.32 Å². The highest BCUT2D eigenvalue weighted by Crippen LogP contribution is 2.58. The fraction of sp³-hybridized carbons (Fsp3) is 0.933. The van der Waals surface area contributed by atoms with Gasteiger partial charge in [-0.25, -0.2) is 0 Å². The van der Waals surface area contributed by atoms with Gasteiger partial charge in [-0.2, -0.15) is 0 Å². The van der Waals surface area contributed by atoms with Crippen LogP contribution in [-0.4, -0.2) is 18.0 Å². The van der Waals surface area contributed by atoms with E-state index in [0.29, 0.717) is 6.04 Å². The third-order valence-corrected chi connectivity index (χ3v) is 5.96. The molecule has 0 radical (unpaired) electrons. The predicted octanol–water partition coefficient (Wildman–Crippen LogP) is 1.91. The quantitative estimate of drug-likeness (QED) is 0.804. The van der Waals surface area contributed by atoms with E-state index in [1.807, 2.05) is 13.8 Å². The summed E-state index contributed by atoms with van der Waals surface area (Å²) in [6.07, 6.45) is 6.86. The molecule has 3 heteroatoms. The van der Waals surface area contributed by atoms with Gasteiger partial charge in [0.15, 0.2) is 0 Å². The summed E-state index contributed by atoms with van der Waals surface area (Å²) in [4.78, 5) is 12.1. The third-order valence-electron chi connectivity index (χ3n) is 5.96. The monoisotopic (exact) mass is 250 g/mol. The van der Waals surface area contributed by atoms with Gasteiger partial charge in [0.25, 0.3) is 0 Å². The van der Waals surface area contributed by atoms with Crippen molar-refractivity contribution in [2.75, 3.05) is 0 Å². The van der Waals surface area contributed by atoms with Crippen LogP contribution in [0.3, 0.4) is 0 Å². The normalized spacial score (nSPS) is 44.7. The van der Waals surface area contributed by atoms with Crippen LogP contribution in [0.15, 0.2) is 0 Å². The highest BCUT2D eigenvalue weighted by Gasteiger charge is 2.54. The second kappa shape index (κ2) is 4.52. The van der Waals surface area contributed by atoms with Crippen molar-refractivity contribution >= 4 is 5.91 Å². The lowest BCUT2D eigenvalue weighted by Crippen LogP contribution is -2.47. The Bertz CT molecular complexity index is 341. The summed E-state index contributed by atoms with van der Waals surface area (Å²) >= 11 is 0. The molecule has 3 aliphatic carbocycles. The second-order valence-corrected chi connectivity index (χ2v) is 6.92. The molecule has 3 fully saturated rings. The van der Waals surface area contributed by atoms with Gasteiger partial charge in [-0.3, -0.25) is 4.79 Å². The summed E-state index contributed by atoms with van der Waals surface area (Å²) in [5, 5.41) is 3.29. The molecule has 1 amide bonds. The van der Waals surface area contributed by atoms with Gasteiger partial charge in [0, 0.05) is 18.0 Å². The van der Waals surface area contributed by atoms with Crippen LogP contribution in [0.2, 0.25) is 0 Å². The zero-order valence-electron chi connectivity index (χ0n) is 11.6. The summed E-state index contributed by atoms with van der Waals surface area (Å²) in [6.45, 7) is 3.85. The van der Waals surface area contributed by atoms with E-state index in [1.165, 1.54) is 32.1 Å². The molecule has 3 rings (SSSR count). The molecule has 0 aromatic rings. The van der Waals surface area contributed by atoms with E-state index in [1.54, 1.807) is 0 Å². The number of hydrogen-bond donors (Lipinski definition) is 2. The average molecular weight is 250 g/mol. The molecule has 102 valence electrons. The highest BCUT2D eigenvalue weighted by atomic mass is 16.2. The minimum absolute atomic E-state index is 0.0529. The van der Waals surface area contributed by atoms with Crippen molar-refractivity contribution in [2.24, 2.45) is 35.3 Å². The van der Waals surface area contributed by atoms with Gasteiger partial charge < -0.3 is 11.1 Å². The zero-order chi connectivity index (χ0) is 12.9. The Balaban J connectivity index is 1.61. The molecular formula is C15H26N2O. The number of carbonyl (C=O) groups excluding carboxylic acids is 1. The Labute approximate surface area is 110 Å². The molecule has 18 heavy (non-hydrogen) atoms.